The predicted octanol–water partition coefficient (Wildman–Crippen LogP) is 11.6. The van der Waals surface area contributed by atoms with Crippen molar-refractivity contribution in [2.24, 2.45) is 0 Å². The number of nitrogens with one attached hydrogen (secondary N) is 2. The van der Waals surface area contributed by atoms with Crippen LogP contribution in [-0.4, -0.2) is 43.4 Å². The lowest BCUT2D eigenvalue weighted by Crippen LogP contribution is -2.10. The molecule has 3 aromatic rings. The highest BCUT2D eigenvalue weighted by molar-refractivity contribution is 6.32. The van der Waals surface area contributed by atoms with Crippen molar-refractivity contribution in [1.29, 1.82) is 0 Å². The number of H-pyrrole nitrogens is 2. The van der Waals surface area contributed by atoms with Gasteiger partial charge in [-0.15, -0.1) is 0 Å². The summed E-state index contributed by atoms with van der Waals surface area (Å²) in [5.41, 5.74) is 16.0. The largest absolute Gasteiger partial charge is 0.461 e. The Morgan fingerprint density at radius 2 is 1.65 bits per heavy atom. The van der Waals surface area contributed by atoms with Gasteiger partial charge < -0.3 is 19.8 Å². The van der Waals surface area contributed by atoms with E-state index in [1.807, 2.05) is 19.1 Å². The standard InChI is InChI=1S/C49H62N4O4/c1-11-34-30(7)38-25-43-46(33(10)54)32(9)40(51-43)24-39-31(8)36(19-20-45(56)57-22-21-29(6)18-14-17-28(5)16-13-15-27(3)4)48(52-39)37-23-44(55)47-35(12-2)42(53-49(37)47)26-41(34)50-38/h15,17,21,24-26,31,33,36,50-51,54H,11-14,16,18-20,22-23H2,1-10H3/b28-17+,29-21+,38-25?,39-24?,40-24?,41-26?,42-26?,43-25?,48-37?/t31-,33-,36-/m0/s1/i24D. The number of esters is 1. The van der Waals surface area contributed by atoms with Crippen LogP contribution >= 0.6 is 0 Å². The molecule has 0 fully saturated rings. The number of hydrogen-bond donors (Lipinski definition) is 3. The first kappa shape index (κ1) is 40.4. The van der Waals surface area contributed by atoms with Crippen LogP contribution in [0, 0.1) is 13.8 Å². The van der Waals surface area contributed by atoms with E-state index in [4.69, 9.17) is 14.7 Å². The fraction of sp³-hybridized carbons (Fsp3) is 0.469. The number of Topliss-reactive ketones (excluding diaryl/α,β-unsaturated/α-hetero) is 1. The Morgan fingerprint density at radius 1 is 0.947 bits per heavy atom. The Balaban J connectivity index is 1.37. The van der Waals surface area contributed by atoms with Crippen molar-refractivity contribution in [3.63, 3.8) is 0 Å². The molecular formula is C49H62N4O4. The number of aromatic amines is 2. The highest BCUT2D eigenvalue weighted by atomic mass is 16.5. The first-order valence-electron chi connectivity index (χ1n) is 21.5. The number of ether oxygens (including phenoxy) is 1. The minimum Gasteiger partial charge on any atom is -0.461 e. The van der Waals surface area contributed by atoms with Gasteiger partial charge in [0.05, 0.1) is 24.6 Å². The maximum atomic E-state index is 13.9. The molecule has 8 heteroatoms. The zero-order chi connectivity index (χ0) is 42.0. The second-order valence-electron chi connectivity index (χ2n) is 16.5. The third-order valence-electron chi connectivity index (χ3n) is 12.1. The van der Waals surface area contributed by atoms with E-state index in [2.05, 4.69) is 83.6 Å². The highest BCUT2D eigenvalue weighted by Crippen LogP contribution is 2.47. The molecule has 3 aliphatic rings. The molecule has 0 radical (unpaired) electrons. The van der Waals surface area contributed by atoms with Crippen LogP contribution in [0.5, 0.6) is 0 Å². The molecule has 0 aromatic carbocycles. The zero-order valence-electron chi connectivity index (χ0n) is 36.8. The molecule has 5 heterocycles. The van der Waals surface area contributed by atoms with Crippen LogP contribution < -0.4 is 0 Å². The number of aliphatic hydroxyl groups is 1. The maximum absolute atomic E-state index is 13.9. The molecule has 2 aliphatic heterocycles. The molecule has 3 atom stereocenters. The van der Waals surface area contributed by atoms with E-state index in [-0.39, 0.29) is 49.1 Å². The number of hydrogen-bond acceptors (Lipinski definition) is 6. The molecule has 3 aromatic heterocycles. The summed E-state index contributed by atoms with van der Waals surface area (Å²) in [7, 11) is 0. The van der Waals surface area contributed by atoms with Crippen LogP contribution in [-0.2, 0) is 27.2 Å². The Kier molecular flexibility index (Phi) is 12.6. The number of aryl methyl sites for hydroxylation is 3. The summed E-state index contributed by atoms with van der Waals surface area (Å²) >= 11 is 0. The van der Waals surface area contributed by atoms with Crippen molar-refractivity contribution in [3.05, 3.63) is 104 Å². The van der Waals surface area contributed by atoms with Gasteiger partial charge in [-0.3, -0.25) is 14.6 Å². The molecule has 0 saturated heterocycles. The first-order chi connectivity index (χ1) is 27.6. The van der Waals surface area contributed by atoms with Crippen molar-refractivity contribution >= 4 is 45.0 Å². The van der Waals surface area contributed by atoms with Gasteiger partial charge in [0.2, 0.25) is 0 Å². The van der Waals surface area contributed by atoms with Gasteiger partial charge in [-0.05, 0) is 140 Å². The van der Waals surface area contributed by atoms with E-state index in [1.165, 1.54) is 16.7 Å². The molecule has 6 rings (SSSR count). The molecule has 0 amide bonds. The van der Waals surface area contributed by atoms with Crippen molar-refractivity contribution in [2.75, 3.05) is 6.61 Å². The number of carbonyl (C=O) groups excluding carboxylic acids is 2. The lowest BCUT2D eigenvalue weighted by atomic mass is 9.85. The third-order valence-corrected chi connectivity index (χ3v) is 12.1. The van der Waals surface area contributed by atoms with E-state index < -0.39 is 6.10 Å². The molecule has 0 saturated carbocycles. The summed E-state index contributed by atoms with van der Waals surface area (Å²) in [6, 6.07) is 4.33. The second-order valence-corrected chi connectivity index (χ2v) is 16.5. The Bertz CT molecular complexity index is 2420. The number of ketones is 1. The smallest absolute Gasteiger partial charge is 0.306 e. The SMILES string of the molecule is [2H]c1c2nc(c3c4nc(cc5[nH]c(cc6[nH]c1c(C)c6[C@H](C)O)c(C)c5CC)C(CC)=C4C(=O)C3)[C@@H](CCC(=O)OC/C=C(\C)CC/C=C(\C)CCC=C(C)C)[C@@H]2C. The summed E-state index contributed by atoms with van der Waals surface area (Å²) in [5, 5.41) is 11.0. The van der Waals surface area contributed by atoms with Crippen LogP contribution in [0.1, 0.15) is 170 Å². The number of carbonyl (C=O) groups is 2. The van der Waals surface area contributed by atoms with Crippen molar-refractivity contribution in [2.45, 2.75) is 145 Å². The molecule has 0 unspecified atom stereocenters. The number of fused-ring (bicyclic) bond motifs is 8. The second kappa shape index (κ2) is 17.8. The summed E-state index contributed by atoms with van der Waals surface area (Å²) in [5.74, 6) is -0.716. The lowest BCUT2D eigenvalue weighted by molar-refractivity contribution is -0.142. The van der Waals surface area contributed by atoms with Gasteiger partial charge in [-0.2, -0.15) is 0 Å². The van der Waals surface area contributed by atoms with Gasteiger partial charge in [0, 0.05) is 69.1 Å². The molecule has 302 valence electrons. The minimum atomic E-state index is -0.776. The summed E-state index contributed by atoms with van der Waals surface area (Å²) in [6.07, 6.45) is 12.1. The molecule has 8 bridgehead atoms. The van der Waals surface area contributed by atoms with E-state index in [9.17, 15) is 16.1 Å². The Labute approximate surface area is 340 Å². The van der Waals surface area contributed by atoms with Crippen LogP contribution in [0.15, 0.2) is 53.1 Å². The van der Waals surface area contributed by atoms with E-state index in [0.29, 0.717) is 35.3 Å². The highest BCUT2D eigenvalue weighted by Gasteiger charge is 2.39. The van der Waals surface area contributed by atoms with Crippen LogP contribution in [0.2, 0.25) is 0 Å². The third kappa shape index (κ3) is 8.86. The molecule has 1 aliphatic carbocycles. The van der Waals surface area contributed by atoms with Gasteiger partial charge in [-0.1, -0.05) is 49.6 Å². The van der Waals surface area contributed by atoms with E-state index in [1.54, 1.807) is 6.92 Å². The van der Waals surface area contributed by atoms with E-state index in [0.717, 1.165) is 93.4 Å². The number of allylic oxidation sites excluding steroid dienone is 7. The van der Waals surface area contributed by atoms with Gasteiger partial charge in [0.15, 0.2) is 5.78 Å². The predicted molar refractivity (Wildman–Crippen MR) is 233 cm³/mol. The van der Waals surface area contributed by atoms with Crippen LogP contribution in [0.3, 0.4) is 0 Å². The average molecular weight is 772 g/mol. The molecule has 8 nitrogen and oxygen atoms in total. The van der Waals surface area contributed by atoms with Crippen LogP contribution in [0.25, 0.3) is 33.2 Å². The summed E-state index contributed by atoms with van der Waals surface area (Å²) < 4.78 is 15.3. The van der Waals surface area contributed by atoms with Crippen molar-refractivity contribution in [3.8, 4) is 0 Å². The van der Waals surface area contributed by atoms with Gasteiger partial charge >= 0.3 is 5.97 Å². The fourth-order valence-corrected chi connectivity index (χ4v) is 8.80. The topological polar surface area (TPSA) is 121 Å². The first-order valence-corrected chi connectivity index (χ1v) is 21.0. The quantitative estimate of drug-likeness (QED) is 0.111. The summed E-state index contributed by atoms with van der Waals surface area (Å²) in [6.45, 7) is 20.8. The summed E-state index contributed by atoms with van der Waals surface area (Å²) in [4.78, 5) is 44.7. The number of rotatable bonds is 14. The van der Waals surface area contributed by atoms with Crippen LogP contribution in [0.4, 0.5) is 0 Å². The molecular weight excluding hydrogens is 709 g/mol. The van der Waals surface area contributed by atoms with Gasteiger partial charge in [-0.25, -0.2) is 4.98 Å². The lowest BCUT2D eigenvalue weighted by Gasteiger charge is -2.17. The normalized spacial score (nSPS) is 17.7. The van der Waals surface area contributed by atoms with Crippen molar-refractivity contribution in [1.82, 2.24) is 19.9 Å². The molecule has 0 spiro atoms. The number of aliphatic hydroxyl groups excluding tert-OH is 1. The molecule has 57 heavy (non-hydrogen) atoms. The maximum Gasteiger partial charge on any atom is 0.306 e. The van der Waals surface area contributed by atoms with Gasteiger partial charge in [0.1, 0.15) is 6.61 Å². The van der Waals surface area contributed by atoms with E-state index >= 15 is 0 Å². The number of aromatic nitrogens is 4. The fourth-order valence-electron chi connectivity index (χ4n) is 8.80. The van der Waals surface area contributed by atoms with Crippen molar-refractivity contribution < 1.29 is 20.8 Å². The minimum absolute atomic E-state index is 0.0301. The monoisotopic (exact) mass is 771 g/mol. The Hall–Kier alpha value is -4.82. The Morgan fingerprint density at radius 3 is 2.33 bits per heavy atom. The average Bonchev–Trinajstić information content (AvgIpc) is 3.94. The number of nitrogens with zero attached hydrogens (tertiary/aromatic N) is 2. The molecule has 3 N–H and O–H groups in total. The van der Waals surface area contributed by atoms with Gasteiger partial charge in [0.25, 0.3) is 0 Å². The zero-order valence-corrected chi connectivity index (χ0v) is 35.8.